The van der Waals surface area contributed by atoms with Gasteiger partial charge in [-0.1, -0.05) is 32.9 Å². The van der Waals surface area contributed by atoms with Gasteiger partial charge in [-0.25, -0.2) is 9.59 Å². The fourth-order valence-electron chi connectivity index (χ4n) is 1.77. The van der Waals surface area contributed by atoms with Crippen molar-refractivity contribution in [3.8, 4) is 0 Å². The molecule has 0 radical (unpaired) electrons. The van der Waals surface area contributed by atoms with Crippen molar-refractivity contribution in [3.63, 3.8) is 0 Å². The maximum atomic E-state index is 11.7. The Morgan fingerprint density at radius 2 is 1.76 bits per heavy atom. The van der Waals surface area contributed by atoms with E-state index in [-0.39, 0.29) is 18.4 Å². The van der Waals surface area contributed by atoms with Crippen molar-refractivity contribution < 1.29 is 19.8 Å². The number of aliphatic carboxylic acids is 1. The molecule has 1 rings (SSSR count). The van der Waals surface area contributed by atoms with Gasteiger partial charge in [0.1, 0.15) is 6.04 Å². The van der Waals surface area contributed by atoms with Crippen molar-refractivity contribution in [2.45, 2.75) is 38.6 Å². The Balaban J connectivity index is 2.64. The number of benzene rings is 1. The van der Waals surface area contributed by atoms with Crippen LogP contribution in [-0.2, 0) is 10.2 Å². The molecule has 116 valence electrons. The van der Waals surface area contributed by atoms with Gasteiger partial charge < -0.3 is 20.8 Å². The van der Waals surface area contributed by atoms with E-state index in [1.54, 1.807) is 12.1 Å². The van der Waals surface area contributed by atoms with Crippen LogP contribution in [0.25, 0.3) is 0 Å². The van der Waals surface area contributed by atoms with E-state index in [0.717, 1.165) is 5.56 Å². The number of carbonyl (C=O) groups is 2. The third-order valence-electron chi connectivity index (χ3n) is 3.03. The lowest BCUT2D eigenvalue weighted by molar-refractivity contribution is -0.139. The van der Waals surface area contributed by atoms with E-state index in [2.05, 4.69) is 31.4 Å². The maximum Gasteiger partial charge on any atom is 0.326 e. The third kappa shape index (κ3) is 5.43. The molecule has 21 heavy (non-hydrogen) atoms. The van der Waals surface area contributed by atoms with Crippen molar-refractivity contribution in [1.82, 2.24) is 5.32 Å². The Morgan fingerprint density at radius 3 is 2.19 bits per heavy atom. The van der Waals surface area contributed by atoms with E-state index in [4.69, 9.17) is 10.2 Å². The molecule has 0 spiro atoms. The highest BCUT2D eigenvalue weighted by atomic mass is 16.4. The highest BCUT2D eigenvalue weighted by Gasteiger charge is 2.19. The summed E-state index contributed by atoms with van der Waals surface area (Å²) in [5.41, 5.74) is 1.74. The van der Waals surface area contributed by atoms with Crippen LogP contribution in [-0.4, -0.2) is 34.9 Å². The van der Waals surface area contributed by atoms with Crippen LogP contribution < -0.4 is 10.6 Å². The largest absolute Gasteiger partial charge is 0.480 e. The molecule has 4 N–H and O–H groups in total. The zero-order chi connectivity index (χ0) is 16.0. The molecule has 1 atom stereocenters. The van der Waals surface area contributed by atoms with Crippen LogP contribution in [0.1, 0.15) is 32.8 Å². The van der Waals surface area contributed by atoms with Crippen molar-refractivity contribution in [2.75, 3.05) is 11.9 Å². The molecule has 0 bridgehead atoms. The Kier molecular flexibility index (Phi) is 5.72. The third-order valence-corrected chi connectivity index (χ3v) is 3.03. The summed E-state index contributed by atoms with van der Waals surface area (Å²) in [5.74, 6) is -1.18. The molecule has 0 saturated heterocycles. The van der Waals surface area contributed by atoms with Gasteiger partial charge in [0.05, 0.1) is 0 Å². The Morgan fingerprint density at radius 1 is 1.19 bits per heavy atom. The van der Waals surface area contributed by atoms with E-state index in [1.807, 2.05) is 12.1 Å². The standard InChI is InChI=1S/C15H22N2O4/c1-15(2,3)10-4-6-11(7-5-10)16-14(21)17-12(8-9-18)13(19)20/h4-7,12,18H,8-9H2,1-3H3,(H,19,20)(H2,16,17,21)/t12-/m0/s1. The summed E-state index contributed by atoms with van der Waals surface area (Å²) < 4.78 is 0. The number of anilines is 1. The number of rotatable bonds is 5. The number of carboxylic acids is 1. The van der Waals surface area contributed by atoms with Crippen LogP contribution in [0, 0.1) is 0 Å². The minimum atomic E-state index is -1.18. The molecule has 6 nitrogen and oxygen atoms in total. The predicted octanol–water partition coefficient (Wildman–Crippen LogP) is 1.94. The van der Waals surface area contributed by atoms with Crippen molar-refractivity contribution in [2.24, 2.45) is 0 Å². The summed E-state index contributed by atoms with van der Waals surface area (Å²) in [4.78, 5) is 22.6. The number of urea groups is 1. The van der Waals surface area contributed by atoms with Gasteiger partial charge in [-0.3, -0.25) is 0 Å². The van der Waals surface area contributed by atoms with Gasteiger partial charge in [0.2, 0.25) is 0 Å². The van der Waals surface area contributed by atoms with Crippen LogP contribution in [0.3, 0.4) is 0 Å². The van der Waals surface area contributed by atoms with E-state index in [9.17, 15) is 9.59 Å². The first-order valence-electron chi connectivity index (χ1n) is 6.76. The molecule has 0 fully saturated rings. The average molecular weight is 294 g/mol. The zero-order valence-electron chi connectivity index (χ0n) is 12.5. The van der Waals surface area contributed by atoms with Gasteiger partial charge >= 0.3 is 12.0 Å². The first-order valence-corrected chi connectivity index (χ1v) is 6.76. The number of carbonyl (C=O) groups excluding carboxylic acids is 1. The summed E-state index contributed by atoms with van der Waals surface area (Å²) in [6, 6.07) is 5.64. The molecule has 0 heterocycles. The van der Waals surface area contributed by atoms with Gasteiger partial charge in [-0.15, -0.1) is 0 Å². The fraction of sp³-hybridized carbons (Fsp3) is 0.467. The number of hydrogen-bond acceptors (Lipinski definition) is 3. The van der Waals surface area contributed by atoms with Gasteiger partial charge in [-0.2, -0.15) is 0 Å². The van der Waals surface area contributed by atoms with E-state index in [0.29, 0.717) is 5.69 Å². The van der Waals surface area contributed by atoms with Crippen LogP contribution >= 0.6 is 0 Å². The molecule has 0 aliphatic rings. The van der Waals surface area contributed by atoms with E-state index in [1.165, 1.54) is 0 Å². The first-order chi connectivity index (χ1) is 9.74. The van der Waals surface area contributed by atoms with Crippen LogP contribution in [0.5, 0.6) is 0 Å². The highest BCUT2D eigenvalue weighted by Crippen LogP contribution is 2.23. The van der Waals surface area contributed by atoms with Gasteiger partial charge in [0.25, 0.3) is 0 Å². The summed E-state index contributed by atoms with van der Waals surface area (Å²) in [7, 11) is 0. The predicted molar refractivity (Wildman–Crippen MR) is 80.4 cm³/mol. The van der Waals surface area contributed by atoms with Crippen LogP contribution in [0.2, 0.25) is 0 Å². The molecule has 0 aliphatic carbocycles. The van der Waals surface area contributed by atoms with Crippen LogP contribution in [0.4, 0.5) is 10.5 Å². The molecule has 1 aromatic carbocycles. The van der Waals surface area contributed by atoms with Gasteiger partial charge in [0.15, 0.2) is 0 Å². The highest BCUT2D eigenvalue weighted by molar-refractivity contribution is 5.92. The number of hydrogen-bond donors (Lipinski definition) is 4. The monoisotopic (exact) mass is 294 g/mol. The molecular formula is C15H22N2O4. The Labute approximate surface area is 124 Å². The number of aliphatic hydroxyl groups excluding tert-OH is 1. The van der Waals surface area contributed by atoms with Crippen molar-refractivity contribution >= 4 is 17.7 Å². The molecular weight excluding hydrogens is 272 g/mol. The Bertz CT molecular complexity index is 491. The lowest BCUT2D eigenvalue weighted by atomic mass is 9.87. The molecule has 0 saturated carbocycles. The van der Waals surface area contributed by atoms with Crippen molar-refractivity contribution in [3.05, 3.63) is 29.8 Å². The quantitative estimate of drug-likeness (QED) is 0.667. The second-order valence-corrected chi connectivity index (χ2v) is 5.83. The van der Waals surface area contributed by atoms with E-state index >= 15 is 0 Å². The fourth-order valence-corrected chi connectivity index (χ4v) is 1.77. The van der Waals surface area contributed by atoms with Gasteiger partial charge in [0, 0.05) is 18.7 Å². The summed E-state index contributed by atoms with van der Waals surface area (Å²) >= 11 is 0. The summed E-state index contributed by atoms with van der Waals surface area (Å²) in [5, 5.41) is 22.5. The average Bonchev–Trinajstić information content (AvgIpc) is 2.37. The first kappa shape index (κ1) is 17.0. The molecule has 0 unspecified atom stereocenters. The summed E-state index contributed by atoms with van der Waals surface area (Å²) in [6.45, 7) is 5.97. The number of amides is 2. The SMILES string of the molecule is CC(C)(C)c1ccc(NC(=O)N[C@@H](CCO)C(=O)O)cc1. The number of aliphatic hydroxyl groups is 1. The minimum Gasteiger partial charge on any atom is -0.480 e. The number of nitrogens with one attached hydrogen (secondary N) is 2. The molecule has 6 heteroatoms. The van der Waals surface area contributed by atoms with Gasteiger partial charge in [-0.05, 0) is 23.1 Å². The molecule has 0 aromatic heterocycles. The smallest absolute Gasteiger partial charge is 0.326 e. The van der Waals surface area contributed by atoms with Crippen molar-refractivity contribution in [1.29, 1.82) is 0 Å². The topological polar surface area (TPSA) is 98.7 Å². The second-order valence-electron chi connectivity index (χ2n) is 5.83. The zero-order valence-corrected chi connectivity index (χ0v) is 12.5. The number of carboxylic acid groups (broad SMARTS) is 1. The Hall–Kier alpha value is -2.08. The maximum absolute atomic E-state index is 11.7. The lowest BCUT2D eigenvalue weighted by Gasteiger charge is -2.19. The molecule has 2 amide bonds. The minimum absolute atomic E-state index is 0.0241. The van der Waals surface area contributed by atoms with E-state index < -0.39 is 18.0 Å². The summed E-state index contributed by atoms with van der Waals surface area (Å²) in [6.07, 6.45) is -0.0360. The molecule has 1 aromatic rings. The molecule has 0 aliphatic heterocycles. The normalized spacial score (nSPS) is 12.6. The second kappa shape index (κ2) is 7.08. The van der Waals surface area contributed by atoms with Crippen LogP contribution in [0.15, 0.2) is 24.3 Å². The lowest BCUT2D eigenvalue weighted by Crippen LogP contribution is -2.43.